The lowest BCUT2D eigenvalue weighted by Crippen LogP contribution is -2.59. The number of carbonyl (C=O) groups excluding carboxylic acids is 2. The predicted molar refractivity (Wildman–Crippen MR) is 167 cm³/mol. The second kappa shape index (κ2) is 12.7. The maximum absolute atomic E-state index is 13.6. The molecule has 0 bridgehead atoms. The van der Waals surface area contributed by atoms with Crippen LogP contribution in [0.4, 0.5) is 16.6 Å². The van der Waals surface area contributed by atoms with E-state index in [0.29, 0.717) is 77.9 Å². The lowest BCUT2D eigenvalue weighted by atomic mass is 10.2. The molecule has 2 aromatic heterocycles. The molecule has 1 atom stereocenters. The van der Waals surface area contributed by atoms with Gasteiger partial charge >= 0.3 is 6.09 Å². The Balaban J connectivity index is 1.31. The minimum Gasteiger partial charge on any atom is -0.444 e. The Morgan fingerprint density at radius 2 is 1.88 bits per heavy atom. The van der Waals surface area contributed by atoms with Crippen LogP contribution in [0.2, 0.25) is 10.0 Å². The number of piperazine rings is 1. The van der Waals surface area contributed by atoms with E-state index in [9.17, 15) is 9.59 Å². The lowest BCUT2D eigenvalue weighted by Gasteiger charge is -2.40. The molecule has 2 fully saturated rings. The highest BCUT2D eigenvalue weighted by Crippen LogP contribution is 2.28. The molecule has 42 heavy (non-hydrogen) atoms. The first-order valence-corrected chi connectivity index (χ1v) is 15.6. The monoisotopic (exact) mass is 632 g/mol. The van der Waals surface area contributed by atoms with E-state index in [1.165, 1.54) is 5.01 Å². The van der Waals surface area contributed by atoms with Gasteiger partial charge in [0.05, 0.1) is 11.9 Å². The average molecular weight is 634 g/mol. The summed E-state index contributed by atoms with van der Waals surface area (Å²) in [7, 11) is 0. The number of nitrogens with zero attached hydrogens (tertiary/aromatic N) is 7. The van der Waals surface area contributed by atoms with Gasteiger partial charge in [-0.1, -0.05) is 29.3 Å². The quantitative estimate of drug-likeness (QED) is 0.323. The third-order valence-corrected chi connectivity index (χ3v) is 8.59. The van der Waals surface area contributed by atoms with Crippen LogP contribution in [-0.2, 0) is 16.1 Å². The number of hydrogen-bond donors (Lipinski definition) is 1. The first-order chi connectivity index (χ1) is 20.0. The fourth-order valence-corrected chi connectivity index (χ4v) is 6.40. The number of benzene rings is 1. The van der Waals surface area contributed by atoms with E-state index in [4.69, 9.17) is 43.7 Å². The Morgan fingerprint density at radius 3 is 2.60 bits per heavy atom. The first kappa shape index (κ1) is 30.4. The molecule has 0 saturated carbocycles. The number of ether oxygens (including phenoxy) is 1. The topological polar surface area (TPSA) is 121 Å². The summed E-state index contributed by atoms with van der Waals surface area (Å²) in [5, 5.41) is 3.29. The molecule has 4 heterocycles. The molecule has 2 saturated heterocycles. The fraction of sp³-hybridized carbons (Fsp3) is 0.464. The Hall–Kier alpha value is -3.06. The number of hydrazine groups is 1. The van der Waals surface area contributed by atoms with Crippen LogP contribution in [-0.4, -0.2) is 92.6 Å². The summed E-state index contributed by atoms with van der Waals surface area (Å²) < 4.78 is 5.58. The number of halogens is 2. The van der Waals surface area contributed by atoms with Crippen LogP contribution in [0.3, 0.4) is 0 Å². The molecular formula is C28H34Cl2N8O3S. The minimum atomic E-state index is -0.630. The fourth-order valence-electron chi connectivity index (χ4n) is 4.89. The molecule has 2 aliphatic heterocycles. The zero-order valence-corrected chi connectivity index (χ0v) is 26.1. The molecule has 224 valence electrons. The molecular weight excluding hydrogens is 599 g/mol. The van der Waals surface area contributed by atoms with Crippen molar-refractivity contribution in [3.05, 3.63) is 52.1 Å². The molecule has 14 heteroatoms. The van der Waals surface area contributed by atoms with Crippen molar-refractivity contribution in [1.82, 2.24) is 24.8 Å². The summed E-state index contributed by atoms with van der Waals surface area (Å²) in [6, 6.07) is 8.41. The summed E-state index contributed by atoms with van der Waals surface area (Å²) in [5.41, 5.74) is 0.685. The summed E-state index contributed by atoms with van der Waals surface area (Å²) in [6.07, 6.45) is 1.23. The molecule has 2 N–H and O–H groups in total. The normalized spacial score (nSPS) is 17.9. The molecule has 2 amide bonds. The number of anilines is 2. The summed E-state index contributed by atoms with van der Waals surface area (Å²) in [4.78, 5) is 45.8. The van der Waals surface area contributed by atoms with Crippen molar-refractivity contribution < 1.29 is 14.3 Å². The predicted octanol–water partition coefficient (Wildman–Crippen LogP) is 4.21. The van der Waals surface area contributed by atoms with Crippen molar-refractivity contribution >= 4 is 69.8 Å². The van der Waals surface area contributed by atoms with E-state index >= 15 is 0 Å². The van der Waals surface area contributed by atoms with Gasteiger partial charge in [-0.2, -0.15) is 21.7 Å². The van der Waals surface area contributed by atoms with Gasteiger partial charge in [-0.05, 0) is 50.6 Å². The molecule has 1 aromatic carbocycles. The van der Waals surface area contributed by atoms with Gasteiger partial charge in [0.15, 0.2) is 11.5 Å². The largest absolute Gasteiger partial charge is 0.444 e. The molecule has 5 rings (SSSR count). The number of pyridine rings is 1. The highest BCUT2D eigenvalue weighted by Gasteiger charge is 2.38. The molecule has 3 aromatic rings. The third kappa shape index (κ3) is 6.94. The van der Waals surface area contributed by atoms with Gasteiger partial charge in [0.1, 0.15) is 11.6 Å². The maximum Gasteiger partial charge on any atom is 0.411 e. The minimum absolute atomic E-state index is 0.0672. The van der Waals surface area contributed by atoms with Crippen molar-refractivity contribution in [3.63, 3.8) is 0 Å². The number of nitrogens with two attached hydrogens (primary N) is 1. The molecule has 2 aliphatic rings. The number of hydrogen-bond acceptors (Lipinski definition) is 10. The molecule has 11 nitrogen and oxygen atoms in total. The summed E-state index contributed by atoms with van der Waals surface area (Å²) >= 11 is 14.1. The van der Waals surface area contributed by atoms with Crippen LogP contribution < -0.4 is 15.8 Å². The van der Waals surface area contributed by atoms with E-state index in [2.05, 4.69) is 4.98 Å². The Kier molecular flexibility index (Phi) is 9.17. The van der Waals surface area contributed by atoms with Crippen LogP contribution in [0.5, 0.6) is 0 Å². The van der Waals surface area contributed by atoms with Gasteiger partial charge < -0.3 is 14.5 Å². The lowest BCUT2D eigenvalue weighted by molar-refractivity contribution is -0.136. The van der Waals surface area contributed by atoms with Gasteiger partial charge in [-0.25, -0.2) is 15.6 Å². The van der Waals surface area contributed by atoms with E-state index in [1.807, 2.05) is 48.8 Å². The summed E-state index contributed by atoms with van der Waals surface area (Å²) in [5.74, 6) is 8.77. The van der Waals surface area contributed by atoms with Crippen molar-refractivity contribution in [2.75, 3.05) is 54.1 Å². The van der Waals surface area contributed by atoms with Crippen LogP contribution in [0.1, 0.15) is 26.3 Å². The number of rotatable bonds is 5. The standard InChI is InChI=1S/C28H34Cl2N8O3S/c1-28(2,3)41-27(40)37-13-14-42-17-22(37)25(39)35-9-11-36(12-10-35)26-33-23-20(5-4-8-32-23)24(34-26)38(31)16-18-6-7-19(29)15-21(18)30/h4-8,15,22H,9-14,16-17,31H2,1-3H3/t22-/m1/s1. The highest BCUT2D eigenvalue weighted by molar-refractivity contribution is 7.99. The van der Waals surface area contributed by atoms with Crippen LogP contribution in [0.25, 0.3) is 11.0 Å². The van der Waals surface area contributed by atoms with Crippen molar-refractivity contribution in [2.45, 2.75) is 39.0 Å². The highest BCUT2D eigenvalue weighted by atomic mass is 35.5. The van der Waals surface area contributed by atoms with Gasteiger partial charge in [-0.3, -0.25) is 14.7 Å². The van der Waals surface area contributed by atoms with E-state index in [0.717, 1.165) is 11.3 Å². The van der Waals surface area contributed by atoms with Crippen LogP contribution in [0.15, 0.2) is 36.5 Å². The Labute approximate surface area is 259 Å². The van der Waals surface area contributed by atoms with Crippen molar-refractivity contribution in [3.8, 4) is 0 Å². The van der Waals surface area contributed by atoms with Crippen molar-refractivity contribution in [1.29, 1.82) is 0 Å². The van der Waals surface area contributed by atoms with Crippen LogP contribution >= 0.6 is 35.0 Å². The zero-order chi connectivity index (χ0) is 30.0. The van der Waals surface area contributed by atoms with Gasteiger partial charge in [0.25, 0.3) is 0 Å². The number of thioether (sulfide) groups is 1. The summed E-state index contributed by atoms with van der Waals surface area (Å²) in [6.45, 7) is 8.22. The SMILES string of the molecule is CC(C)(C)OC(=O)N1CCSC[C@@H]1C(=O)N1CCN(c2nc(N(N)Cc3ccc(Cl)cc3Cl)c3cccnc3n2)CC1. The van der Waals surface area contributed by atoms with Gasteiger partial charge in [0.2, 0.25) is 11.9 Å². The van der Waals surface area contributed by atoms with E-state index in [-0.39, 0.29) is 5.91 Å². The zero-order valence-electron chi connectivity index (χ0n) is 23.8. The Bertz CT molecular complexity index is 1460. The number of amides is 2. The Morgan fingerprint density at radius 1 is 1.12 bits per heavy atom. The van der Waals surface area contributed by atoms with E-state index < -0.39 is 17.7 Å². The van der Waals surface area contributed by atoms with Gasteiger partial charge in [-0.15, -0.1) is 0 Å². The molecule has 0 spiro atoms. The first-order valence-electron chi connectivity index (χ1n) is 13.7. The van der Waals surface area contributed by atoms with E-state index in [1.54, 1.807) is 35.0 Å². The maximum atomic E-state index is 13.6. The number of fused-ring (bicyclic) bond motifs is 1. The third-order valence-electron chi connectivity index (χ3n) is 6.98. The van der Waals surface area contributed by atoms with Gasteiger partial charge in [0, 0.05) is 60.5 Å². The molecule has 0 aliphatic carbocycles. The number of aromatic nitrogens is 3. The van der Waals surface area contributed by atoms with Crippen LogP contribution in [0, 0.1) is 0 Å². The second-order valence-corrected chi connectivity index (χ2v) is 13.2. The average Bonchev–Trinajstić information content (AvgIpc) is 2.97. The molecule has 0 radical (unpaired) electrons. The number of carbonyl (C=O) groups is 2. The second-order valence-electron chi connectivity index (χ2n) is 11.2. The molecule has 0 unspecified atom stereocenters. The smallest absolute Gasteiger partial charge is 0.411 e. The van der Waals surface area contributed by atoms with Crippen molar-refractivity contribution in [2.24, 2.45) is 5.84 Å².